The fourth-order valence-electron chi connectivity index (χ4n) is 7.30. The van der Waals surface area contributed by atoms with E-state index >= 15 is 0 Å². The third-order valence-electron chi connectivity index (χ3n) is 9.20. The Morgan fingerprint density at radius 2 is 2.02 bits per heavy atom. The van der Waals surface area contributed by atoms with E-state index in [-0.39, 0.29) is 36.0 Å². The molecule has 0 radical (unpaired) electrons. The van der Waals surface area contributed by atoms with Gasteiger partial charge >= 0.3 is 0 Å². The molecule has 0 saturated carbocycles. The van der Waals surface area contributed by atoms with Crippen LogP contribution in [0.15, 0.2) is 53.1 Å². The van der Waals surface area contributed by atoms with Crippen LogP contribution < -0.4 is 15.1 Å². The lowest BCUT2D eigenvalue weighted by Crippen LogP contribution is -2.48. The zero-order valence-electron chi connectivity index (χ0n) is 25.2. The van der Waals surface area contributed by atoms with Gasteiger partial charge < -0.3 is 29.8 Å². The number of hydrogen-bond acceptors (Lipinski definition) is 8. The molecule has 0 bridgehead atoms. The van der Waals surface area contributed by atoms with Crippen LogP contribution in [0.2, 0.25) is 18.6 Å². The smallest absolute Gasteiger partial charge is 0.264 e. The van der Waals surface area contributed by atoms with E-state index in [4.69, 9.17) is 4.74 Å². The van der Waals surface area contributed by atoms with Crippen LogP contribution >= 0.6 is 15.9 Å². The number of halogens is 1. The maximum absolute atomic E-state index is 14.7. The van der Waals surface area contributed by atoms with Crippen molar-refractivity contribution in [1.82, 2.24) is 20.3 Å². The minimum atomic E-state index is -2.81. The van der Waals surface area contributed by atoms with Gasteiger partial charge in [0.1, 0.15) is 0 Å². The molecular weight excluding hydrogens is 644 g/mol. The first kappa shape index (κ1) is 31.1. The van der Waals surface area contributed by atoms with Crippen molar-refractivity contribution in [3.8, 4) is 0 Å². The molecule has 2 saturated heterocycles. The zero-order valence-corrected chi connectivity index (χ0v) is 27.8. The van der Waals surface area contributed by atoms with Gasteiger partial charge in [-0.2, -0.15) is 0 Å². The molecular formula is C31H39BrN6O5Si. The van der Waals surface area contributed by atoms with Crippen molar-refractivity contribution in [2.24, 2.45) is 5.92 Å². The van der Waals surface area contributed by atoms with E-state index in [9.17, 15) is 19.5 Å². The van der Waals surface area contributed by atoms with Gasteiger partial charge in [-0.05, 0) is 55.4 Å². The van der Waals surface area contributed by atoms with Crippen LogP contribution in [0, 0.1) is 5.92 Å². The molecule has 3 aromatic rings. The molecule has 44 heavy (non-hydrogen) atoms. The van der Waals surface area contributed by atoms with Crippen molar-refractivity contribution in [1.29, 1.82) is 0 Å². The lowest BCUT2D eigenvalue weighted by molar-refractivity contribution is -0.146. The van der Waals surface area contributed by atoms with E-state index < -0.39 is 13.9 Å². The number of anilines is 2. The van der Waals surface area contributed by atoms with Crippen molar-refractivity contribution >= 4 is 47.4 Å². The number of aromatic nitrogens is 3. The van der Waals surface area contributed by atoms with E-state index in [0.717, 1.165) is 33.5 Å². The highest BCUT2D eigenvalue weighted by Gasteiger charge is 2.66. The Bertz CT molecular complexity index is 1560. The number of hydrogen-bond donors (Lipinski definition) is 3. The predicted molar refractivity (Wildman–Crippen MR) is 172 cm³/mol. The second-order valence-corrected chi connectivity index (χ2v) is 17.4. The largest absolute Gasteiger partial charge is 0.432 e. The number of ether oxygens (including phenoxy) is 1. The maximum Gasteiger partial charge on any atom is 0.264 e. The summed E-state index contributed by atoms with van der Waals surface area (Å²) in [6.45, 7) is 8.33. The summed E-state index contributed by atoms with van der Waals surface area (Å²) in [5, 5.41) is 20.7. The van der Waals surface area contributed by atoms with Crippen molar-refractivity contribution in [2.45, 2.75) is 63.2 Å². The van der Waals surface area contributed by atoms with Gasteiger partial charge in [0.15, 0.2) is 13.9 Å². The quantitative estimate of drug-likeness (QED) is 0.294. The number of nitrogens with one attached hydrogen (secondary N) is 1. The summed E-state index contributed by atoms with van der Waals surface area (Å²) in [6, 6.07) is 13.7. The molecule has 13 heteroatoms. The van der Waals surface area contributed by atoms with Gasteiger partial charge in [0.05, 0.1) is 30.6 Å². The third-order valence-corrected chi connectivity index (χ3v) is 12.2. The number of aliphatic hydroxyl groups excluding tert-OH is 1. The van der Waals surface area contributed by atoms with Gasteiger partial charge in [-0.1, -0.05) is 40.2 Å². The van der Waals surface area contributed by atoms with Gasteiger partial charge in [-0.25, -0.2) is 0 Å². The van der Waals surface area contributed by atoms with Crippen LogP contribution in [0.3, 0.4) is 0 Å². The number of aryl methyl sites for hydroxylation is 1. The number of carbonyl (C=O) groups is 2. The summed E-state index contributed by atoms with van der Waals surface area (Å²) in [6.07, 6.45) is 2.43. The molecule has 2 aromatic carbocycles. The lowest BCUT2D eigenvalue weighted by atomic mass is 9.82. The summed E-state index contributed by atoms with van der Waals surface area (Å²) in [7, 11) is -2.81. The number of aliphatic hydroxyl groups is 1. The molecule has 3 N–H and O–H groups in total. The fourth-order valence-corrected chi connectivity index (χ4v) is 10.3. The Balaban J connectivity index is 1.32. The average molecular weight is 684 g/mol. The van der Waals surface area contributed by atoms with E-state index in [1.54, 1.807) is 14.5 Å². The van der Waals surface area contributed by atoms with Gasteiger partial charge in [0.25, 0.3) is 5.91 Å². The summed E-state index contributed by atoms with van der Waals surface area (Å²) < 4.78 is 9.51. The first-order chi connectivity index (χ1) is 21.0. The normalized spacial score (nSPS) is 25.4. The van der Waals surface area contributed by atoms with Crippen molar-refractivity contribution < 1.29 is 24.2 Å². The number of nitrogens with zero attached hydrogens (tertiary/aromatic N) is 5. The van der Waals surface area contributed by atoms with Gasteiger partial charge in [0, 0.05) is 66.0 Å². The number of fused-ring (bicyclic) bond motifs is 2. The Labute approximate surface area is 266 Å². The topological polar surface area (TPSA) is 133 Å². The van der Waals surface area contributed by atoms with E-state index in [2.05, 4.69) is 31.6 Å². The zero-order chi connectivity index (χ0) is 31.2. The number of benzene rings is 2. The molecule has 1 aromatic heterocycles. The standard InChI is InChI=1S/C31H39BrN6O5Si/c1-20-29(44(2,3)42)27(9-12-36-19-23(10-14-39)34-35-36)43-31(20)25-16-22(32)7-8-26(25)38(30(31)41)18-21-5-4-6-24(15-21)37-13-11-33-17-28(37)40/h4-8,15-16,19-20,27,29,33,39,42H,9-14,17-18H2,1-3H3/t20-,27+,29-,31+/m0/s1. The Hall–Kier alpha value is -2.94. The van der Waals surface area contributed by atoms with Crippen molar-refractivity contribution in [2.75, 3.05) is 36.0 Å². The van der Waals surface area contributed by atoms with Crippen LogP contribution in [-0.4, -0.2) is 77.4 Å². The number of amides is 2. The molecule has 6 rings (SSSR count). The molecule has 2 fully saturated rings. The van der Waals surface area contributed by atoms with E-state index in [0.29, 0.717) is 44.7 Å². The number of rotatable bonds is 9. The van der Waals surface area contributed by atoms with Crippen LogP contribution in [-0.2, 0) is 39.4 Å². The first-order valence-electron chi connectivity index (χ1n) is 15.1. The van der Waals surface area contributed by atoms with Crippen molar-refractivity contribution in [3.05, 3.63) is 70.0 Å². The Morgan fingerprint density at radius 3 is 2.77 bits per heavy atom. The first-order valence-corrected chi connectivity index (χ1v) is 19.0. The molecule has 0 aliphatic carbocycles. The average Bonchev–Trinajstić information content (AvgIpc) is 3.62. The van der Waals surface area contributed by atoms with Crippen LogP contribution in [0.25, 0.3) is 0 Å². The number of carbonyl (C=O) groups excluding carboxylic acids is 2. The molecule has 11 nitrogen and oxygen atoms in total. The summed E-state index contributed by atoms with van der Waals surface area (Å²) >= 11 is 3.62. The fraction of sp³-hybridized carbons (Fsp3) is 0.484. The molecule has 3 aliphatic heterocycles. The second-order valence-electron chi connectivity index (χ2n) is 12.5. The van der Waals surface area contributed by atoms with Gasteiger partial charge in [0.2, 0.25) is 5.91 Å². The van der Waals surface area contributed by atoms with Crippen LogP contribution in [0.5, 0.6) is 0 Å². The summed E-state index contributed by atoms with van der Waals surface area (Å²) in [5.74, 6) is -0.398. The van der Waals surface area contributed by atoms with Gasteiger partial charge in [-0.15, -0.1) is 5.10 Å². The number of piperazine rings is 1. The molecule has 1 spiro atoms. The van der Waals surface area contributed by atoms with Crippen LogP contribution in [0.4, 0.5) is 11.4 Å². The monoisotopic (exact) mass is 682 g/mol. The molecule has 3 aliphatic rings. The third kappa shape index (κ3) is 5.54. The Kier molecular flexibility index (Phi) is 8.54. The highest BCUT2D eigenvalue weighted by atomic mass is 79.9. The molecule has 4 heterocycles. The molecule has 2 amide bonds. The van der Waals surface area contributed by atoms with Gasteiger partial charge in [-0.3, -0.25) is 14.3 Å². The minimum Gasteiger partial charge on any atom is -0.432 e. The summed E-state index contributed by atoms with van der Waals surface area (Å²) in [5.41, 5.74) is 2.57. The van der Waals surface area contributed by atoms with E-state index in [1.165, 1.54) is 0 Å². The predicted octanol–water partition coefficient (Wildman–Crippen LogP) is 2.95. The molecule has 234 valence electrons. The SMILES string of the molecule is C[C@H]1[C@H]([Si](C)(C)O)[C@@H](CCn2cc(CCO)nn2)O[C@]12C(=O)N(Cc1cccc(N3CCNCC3=O)c1)c1ccc(Br)cc12. The Morgan fingerprint density at radius 1 is 1.20 bits per heavy atom. The van der Waals surface area contributed by atoms with Crippen LogP contribution in [0.1, 0.15) is 30.2 Å². The highest BCUT2D eigenvalue weighted by Crippen LogP contribution is 2.60. The highest BCUT2D eigenvalue weighted by molar-refractivity contribution is 9.10. The van der Waals surface area contributed by atoms with Crippen molar-refractivity contribution in [3.63, 3.8) is 0 Å². The molecule has 0 unspecified atom stereocenters. The minimum absolute atomic E-state index is 0.00255. The van der Waals surface area contributed by atoms with E-state index in [1.807, 2.05) is 68.7 Å². The molecule has 4 atom stereocenters. The lowest BCUT2D eigenvalue weighted by Gasteiger charge is -2.32. The summed E-state index contributed by atoms with van der Waals surface area (Å²) in [4.78, 5) is 42.4. The second kappa shape index (κ2) is 12.1. The maximum atomic E-state index is 14.7.